The van der Waals surface area contributed by atoms with Crippen molar-refractivity contribution >= 4 is 29.2 Å². The van der Waals surface area contributed by atoms with Gasteiger partial charge in [0.25, 0.3) is 0 Å². The van der Waals surface area contributed by atoms with Crippen LogP contribution in [0.15, 0.2) is 109 Å². The van der Waals surface area contributed by atoms with Crippen LogP contribution in [0.5, 0.6) is 0 Å². The first-order valence-electron chi connectivity index (χ1n) is 19.1. The molecule has 3 aromatic carbocycles. The number of anilines is 1. The molecule has 1 saturated heterocycles. The Kier molecular flexibility index (Phi) is 24.0. The molecule has 0 spiro atoms. The third-order valence-corrected chi connectivity index (χ3v) is 9.41. The van der Waals surface area contributed by atoms with E-state index in [-0.39, 0.29) is 0 Å². The number of aryl methyl sites for hydroxylation is 2. The molecule has 0 unspecified atom stereocenters. The van der Waals surface area contributed by atoms with Gasteiger partial charge in [0.15, 0.2) is 0 Å². The van der Waals surface area contributed by atoms with Crippen LogP contribution in [0.3, 0.4) is 0 Å². The average molecular weight is 711 g/mol. The summed E-state index contributed by atoms with van der Waals surface area (Å²) in [5, 5.41) is 4.53. The third-order valence-electron chi connectivity index (χ3n) is 9.10. The van der Waals surface area contributed by atoms with E-state index in [1.54, 1.807) is 18.4 Å². The van der Waals surface area contributed by atoms with Crippen molar-refractivity contribution in [2.45, 2.75) is 106 Å². The molecular weight excluding hydrogens is 641 g/mol. The van der Waals surface area contributed by atoms with E-state index in [4.69, 9.17) is 5.73 Å². The van der Waals surface area contributed by atoms with Crippen molar-refractivity contribution in [3.05, 3.63) is 132 Å². The van der Waals surface area contributed by atoms with Gasteiger partial charge in [-0.3, -0.25) is 4.90 Å². The Labute approximate surface area is 318 Å². The first kappa shape index (κ1) is 45.4. The molecule has 0 amide bonds. The van der Waals surface area contributed by atoms with Crippen LogP contribution >= 0.6 is 12.6 Å². The van der Waals surface area contributed by atoms with E-state index < -0.39 is 0 Å². The van der Waals surface area contributed by atoms with E-state index in [2.05, 4.69) is 148 Å². The monoisotopic (exact) mass is 711 g/mol. The lowest BCUT2D eigenvalue weighted by Gasteiger charge is -2.26. The molecule has 2 heterocycles. The van der Waals surface area contributed by atoms with Crippen molar-refractivity contribution in [3.8, 4) is 5.69 Å². The quantitative estimate of drug-likeness (QED) is 0.113. The summed E-state index contributed by atoms with van der Waals surface area (Å²) in [6.45, 7) is 25.2. The summed E-state index contributed by atoms with van der Waals surface area (Å²) < 4.78 is 2.40. The lowest BCUT2D eigenvalue weighted by molar-refractivity contribution is 0.221. The SMILES string of the molecule is C=CC.C=CC.CCC(C)CC.CCc1cc(NC)ccc1C/C(S)=C/N.CCc1ccccc1-n1cc(CN2CCCCC2)c2ccccc21. The van der Waals surface area contributed by atoms with Gasteiger partial charge in [-0.2, -0.15) is 0 Å². The van der Waals surface area contributed by atoms with Crippen molar-refractivity contribution in [3.63, 3.8) is 0 Å². The Morgan fingerprint density at radius 2 is 1.41 bits per heavy atom. The largest absolute Gasteiger partial charge is 0.404 e. The molecule has 0 bridgehead atoms. The van der Waals surface area contributed by atoms with Crippen LogP contribution in [0.1, 0.15) is 103 Å². The highest BCUT2D eigenvalue weighted by atomic mass is 32.1. The van der Waals surface area contributed by atoms with E-state index in [1.807, 2.05) is 20.9 Å². The normalized spacial score (nSPS) is 12.5. The Bertz CT molecular complexity index is 1550. The van der Waals surface area contributed by atoms with Crippen molar-refractivity contribution in [2.24, 2.45) is 11.7 Å². The highest BCUT2D eigenvalue weighted by Gasteiger charge is 2.16. The predicted molar refractivity (Wildman–Crippen MR) is 234 cm³/mol. The summed E-state index contributed by atoms with van der Waals surface area (Å²) in [7, 11) is 1.93. The number of rotatable bonds is 10. The smallest absolute Gasteiger partial charge is 0.0531 e. The standard InChI is InChI=1S/C22H26N2.C12H18N2S.C6H14.2C3H6/c1-2-18-10-4-6-12-21(18)24-17-19(16-23-14-8-3-9-15-23)20-11-5-7-13-22(20)24;1-3-9-6-11(14-2)5-4-10(9)7-12(15)8-13;1-4-6(3)5-2;2*1-3-2/h4-7,10-13,17H,2-3,8-9,14-16H2,1H3;4-6,8,14-15H,3,7,13H2,1-2H3;6H,4-5H2,1-3H3;2*3H,1H2,2H3/b;12-8-;;;. The van der Waals surface area contributed by atoms with Gasteiger partial charge >= 0.3 is 0 Å². The molecule has 5 heteroatoms. The van der Waals surface area contributed by atoms with Gasteiger partial charge in [0.2, 0.25) is 0 Å². The second-order valence-corrected chi connectivity index (χ2v) is 13.6. The summed E-state index contributed by atoms with van der Waals surface area (Å²) >= 11 is 4.30. The maximum absolute atomic E-state index is 5.42. The number of nitrogens with one attached hydrogen (secondary N) is 1. The first-order valence-corrected chi connectivity index (χ1v) is 19.6. The van der Waals surface area contributed by atoms with E-state index in [0.717, 1.165) is 42.3 Å². The number of hydrogen-bond acceptors (Lipinski definition) is 4. The Morgan fingerprint density at radius 3 is 1.96 bits per heavy atom. The van der Waals surface area contributed by atoms with Gasteiger partial charge in [-0.05, 0) is 105 Å². The Morgan fingerprint density at radius 1 is 0.824 bits per heavy atom. The molecule has 4 aromatic rings. The number of fused-ring (bicyclic) bond motifs is 1. The average Bonchev–Trinajstić information content (AvgIpc) is 3.53. The van der Waals surface area contributed by atoms with E-state index >= 15 is 0 Å². The summed E-state index contributed by atoms with van der Waals surface area (Å²) in [5.41, 5.74) is 14.7. The number of benzene rings is 3. The molecule has 0 atom stereocenters. The predicted octanol–water partition coefficient (Wildman–Crippen LogP) is 12.6. The highest BCUT2D eigenvalue weighted by molar-refractivity contribution is 7.84. The number of aromatic nitrogens is 1. The zero-order valence-corrected chi connectivity index (χ0v) is 34.2. The number of nitrogens with zero attached hydrogens (tertiary/aromatic N) is 2. The maximum atomic E-state index is 5.42. The van der Waals surface area contributed by atoms with Gasteiger partial charge in [0, 0.05) is 54.1 Å². The number of nitrogens with two attached hydrogens (primary N) is 1. The fourth-order valence-corrected chi connectivity index (χ4v) is 5.97. The molecule has 1 fully saturated rings. The van der Waals surface area contributed by atoms with Crippen molar-refractivity contribution < 1.29 is 0 Å². The number of likely N-dealkylation sites (tertiary alicyclic amines) is 1. The molecule has 0 aliphatic carbocycles. The van der Waals surface area contributed by atoms with Crippen LogP contribution in [0.4, 0.5) is 5.69 Å². The summed E-state index contributed by atoms with van der Waals surface area (Å²) in [6.07, 6.45) is 17.1. The second kappa shape index (κ2) is 27.0. The van der Waals surface area contributed by atoms with Crippen LogP contribution in [0, 0.1) is 5.92 Å². The van der Waals surface area contributed by atoms with E-state index in [1.165, 1.54) is 84.0 Å². The Balaban J connectivity index is 0.000000411. The molecule has 0 radical (unpaired) electrons. The second-order valence-electron chi connectivity index (χ2n) is 13.0. The highest BCUT2D eigenvalue weighted by Crippen LogP contribution is 2.28. The van der Waals surface area contributed by atoms with Crippen LogP contribution in [0.25, 0.3) is 16.6 Å². The molecular formula is C46H70N4S. The van der Waals surface area contributed by atoms with Gasteiger partial charge in [0.1, 0.15) is 0 Å². The lowest BCUT2D eigenvalue weighted by atomic mass is 10.0. The number of thiol groups is 1. The van der Waals surface area contributed by atoms with Gasteiger partial charge in [-0.1, -0.05) is 108 Å². The zero-order chi connectivity index (χ0) is 38.0. The van der Waals surface area contributed by atoms with Crippen LogP contribution in [-0.4, -0.2) is 29.6 Å². The minimum atomic E-state index is 0.812. The molecule has 4 nitrogen and oxygen atoms in total. The van der Waals surface area contributed by atoms with Crippen molar-refractivity contribution in [1.82, 2.24) is 9.47 Å². The topological polar surface area (TPSA) is 46.2 Å². The van der Waals surface area contributed by atoms with Crippen molar-refractivity contribution in [1.29, 1.82) is 0 Å². The molecule has 1 aliphatic rings. The molecule has 1 aliphatic heterocycles. The molecule has 280 valence electrons. The van der Waals surface area contributed by atoms with Gasteiger partial charge < -0.3 is 15.6 Å². The van der Waals surface area contributed by atoms with E-state index in [9.17, 15) is 0 Å². The number of piperidine rings is 1. The molecule has 1 aromatic heterocycles. The molecule has 5 rings (SSSR count). The Hall–Kier alpha value is -3.67. The van der Waals surface area contributed by atoms with Gasteiger partial charge in [0.05, 0.1) is 5.52 Å². The lowest BCUT2D eigenvalue weighted by Crippen LogP contribution is -2.28. The summed E-state index contributed by atoms with van der Waals surface area (Å²) in [4.78, 5) is 3.52. The molecule has 51 heavy (non-hydrogen) atoms. The maximum Gasteiger partial charge on any atom is 0.0531 e. The summed E-state index contributed by atoms with van der Waals surface area (Å²) in [5.74, 6) is 0.935. The number of hydrogen-bond donors (Lipinski definition) is 3. The minimum Gasteiger partial charge on any atom is -0.404 e. The van der Waals surface area contributed by atoms with E-state index in [0.29, 0.717) is 0 Å². The minimum absolute atomic E-state index is 0.812. The number of para-hydroxylation sites is 2. The van der Waals surface area contributed by atoms with Crippen LogP contribution in [0.2, 0.25) is 0 Å². The van der Waals surface area contributed by atoms with Gasteiger partial charge in [-0.25, -0.2) is 0 Å². The number of allylic oxidation sites excluding steroid dienone is 3. The van der Waals surface area contributed by atoms with Crippen molar-refractivity contribution in [2.75, 3.05) is 25.5 Å². The fraction of sp³-hybridized carbons (Fsp3) is 0.435. The van der Waals surface area contributed by atoms with Gasteiger partial charge in [-0.15, -0.1) is 25.8 Å². The molecule has 3 N–H and O–H groups in total. The molecule has 0 saturated carbocycles. The van der Waals surface area contributed by atoms with Crippen LogP contribution < -0.4 is 11.1 Å². The summed E-state index contributed by atoms with van der Waals surface area (Å²) in [6, 6.07) is 24.0. The fourth-order valence-electron chi connectivity index (χ4n) is 5.80. The van der Waals surface area contributed by atoms with Crippen LogP contribution in [-0.2, 0) is 25.8 Å². The third kappa shape index (κ3) is 16.0. The first-order chi connectivity index (χ1) is 24.7. The zero-order valence-electron chi connectivity index (χ0n) is 33.3.